The van der Waals surface area contributed by atoms with Crippen LogP contribution in [-0.2, 0) is 93.6 Å². The molecule has 0 unspecified atom stereocenters. The average molecular weight is 1000 g/mol. The molecule has 11 heteroatoms. The summed E-state index contributed by atoms with van der Waals surface area (Å²) in [5, 5.41) is 0. The smallest absolute Gasteiger partial charge is 0.186 e. The third-order valence-electron chi connectivity index (χ3n) is 12.9. The van der Waals surface area contributed by atoms with E-state index in [1.165, 1.54) is 0 Å². The van der Waals surface area contributed by atoms with Crippen molar-refractivity contribution in [1.82, 2.24) is 0 Å². The number of benzene rings is 7. The van der Waals surface area contributed by atoms with Crippen LogP contribution in [0.3, 0.4) is 0 Å². The molecule has 2 heterocycles. The van der Waals surface area contributed by atoms with E-state index >= 15 is 0 Å². The zero-order valence-electron chi connectivity index (χ0n) is 41.3. The minimum atomic E-state index is -0.791. The summed E-state index contributed by atoms with van der Waals surface area (Å²) in [6.07, 6.45) is -5.54. The molecule has 2 fully saturated rings. The molecule has 0 aliphatic carbocycles. The average Bonchev–Trinajstić information content (AvgIpc) is 3.45. The van der Waals surface area contributed by atoms with Gasteiger partial charge in [-0.15, -0.1) is 11.8 Å². The molecule has 7 aromatic rings. The lowest BCUT2D eigenvalue weighted by atomic mass is 9.98. The Balaban J connectivity index is 1.05. The lowest BCUT2D eigenvalue weighted by Crippen LogP contribution is -2.62. The maximum atomic E-state index is 7.28. The van der Waals surface area contributed by atoms with Crippen molar-refractivity contribution in [2.24, 2.45) is 0 Å². The van der Waals surface area contributed by atoms with E-state index < -0.39 is 60.6 Å². The lowest BCUT2D eigenvalue weighted by Gasteiger charge is -2.48. The van der Waals surface area contributed by atoms with Crippen molar-refractivity contribution in [3.63, 3.8) is 0 Å². The van der Waals surface area contributed by atoms with Crippen LogP contribution in [0.15, 0.2) is 212 Å². The van der Waals surface area contributed by atoms with Crippen molar-refractivity contribution >= 4 is 11.8 Å². The topological polar surface area (TPSA) is 92.3 Å². The van der Waals surface area contributed by atoms with E-state index in [1.54, 1.807) is 18.9 Å². The van der Waals surface area contributed by atoms with Gasteiger partial charge in [0.25, 0.3) is 0 Å². The SMILES string of the molecule is CO[C@H]1O[C@H](CS[C@@H]2O[C@H](COCc3ccccc3)[C@@H](OCc3ccccc3)[C@H](OCc3ccccc3)[C@H]2OCc2ccccc2)[C@@H](OCc2ccccc2)[C@H](OCc2ccccc2)[C@H]1OCc1ccccc1. The van der Waals surface area contributed by atoms with Gasteiger partial charge in [0, 0.05) is 12.9 Å². The minimum absolute atomic E-state index is 0.242. The van der Waals surface area contributed by atoms with Gasteiger partial charge in [-0.1, -0.05) is 212 Å². The van der Waals surface area contributed by atoms with Crippen LogP contribution in [0.1, 0.15) is 38.9 Å². The third kappa shape index (κ3) is 15.5. The molecule has 0 bridgehead atoms. The molecular formula is C62H66O10S. The number of thioether (sulfide) groups is 1. The van der Waals surface area contributed by atoms with Gasteiger partial charge >= 0.3 is 0 Å². The van der Waals surface area contributed by atoms with Gasteiger partial charge in [-0.25, -0.2) is 0 Å². The Morgan fingerprint density at radius 1 is 0.329 bits per heavy atom. The Kier molecular flexibility index (Phi) is 20.3. The Morgan fingerprint density at radius 2 is 0.630 bits per heavy atom. The predicted octanol–water partition coefficient (Wildman–Crippen LogP) is 11.5. The number of hydrogen-bond donors (Lipinski definition) is 0. The van der Waals surface area contributed by atoms with Crippen LogP contribution in [0.25, 0.3) is 0 Å². The Bertz CT molecular complexity index is 2570. The zero-order valence-corrected chi connectivity index (χ0v) is 42.2. The van der Waals surface area contributed by atoms with Gasteiger partial charge in [-0.05, 0) is 38.9 Å². The summed E-state index contributed by atoms with van der Waals surface area (Å²) in [4.78, 5) is 0. The van der Waals surface area contributed by atoms with Gasteiger partial charge in [-0.3, -0.25) is 0 Å². The molecule has 73 heavy (non-hydrogen) atoms. The molecule has 0 radical (unpaired) electrons. The Labute approximate surface area is 434 Å². The second-order valence-corrected chi connectivity index (χ2v) is 19.4. The van der Waals surface area contributed by atoms with Crippen LogP contribution in [0.5, 0.6) is 0 Å². The third-order valence-corrected chi connectivity index (χ3v) is 14.2. The monoisotopic (exact) mass is 1000 g/mol. The van der Waals surface area contributed by atoms with E-state index in [4.69, 9.17) is 47.4 Å². The highest BCUT2D eigenvalue weighted by atomic mass is 32.2. The molecule has 2 aliphatic heterocycles. The van der Waals surface area contributed by atoms with Gasteiger partial charge in [-0.2, -0.15) is 0 Å². The fourth-order valence-corrected chi connectivity index (χ4v) is 10.4. The lowest BCUT2D eigenvalue weighted by molar-refractivity contribution is -0.313. The van der Waals surface area contributed by atoms with E-state index in [0.717, 1.165) is 38.9 Å². The van der Waals surface area contributed by atoms with Crippen LogP contribution in [0, 0.1) is 0 Å². The van der Waals surface area contributed by atoms with Crippen molar-refractivity contribution in [3.05, 3.63) is 251 Å². The first-order valence-corrected chi connectivity index (χ1v) is 26.2. The van der Waals surface area contributed by atoms with E-state index in [0.29, 0.717) is 52.0 Å². The zero-order chi connectivity index (χ0) is 49.7. The molecule has 2 saturated heterocycles. The van der Waals surface area contributed by atoms with Crippen LogP contribution in [0.4, 0.5) is 0 Å². The molecule has 7 aromatic carbocycles. The highest BCUT2D eigenvalue weighted by Crippen LogP contribution is 2.39. The molecular weight excluding hydrogens is 937 g/mol. The highest BCUT2D eigenvalue weighted by molar-refractivity contribution is 7.99. The van der Waals surface area contributed by atoms with Gasteiger partial charge in [0.15, 0.2) is 6.29 Å². The summed E-state index contributed by atoms with van der Waals surface area (Å²) in [5.41, 5.74) is 6.64. The van der Waals surface area contributed by atoms with Crippen LogP contribution < -0.4 is 0 Å². The summed E-state index contributed by atoms with van der Waals surface area (Å²) in [6, 6.07) is 71.1. The molecule has 0 aromatic heterocycles. The number of rotatable bonds is 26. The van der Waals surface area contributed by atoms with E-state index in [2.05, 4.69) is 72.8 Å². The molecule has 0 amide bonds. The van der Waals surface area contributed by atoms with Gasteiger partial charge in [0.1, 0.15) is 48.2 Å². The maximum absolute atomic E-state index is 7.28. The molecule has 10 atom stereocenters. The fraction of sp³-hybridized carbons (Fsp3) is 0.323. The summed E-state index contributed by atoms with van der Waals surface area (Å²) in [7, 11) is 1.65. The second kappa shape index (κ2) is 28.2. The van der Waals surface area contributed by atoms with Crippen molar-refractivity contribution in [3.8, 4) is 0 Å². The first-order chi connectivity index (χ1) is 36.2. The normalized spacial score (nSPS) is 24.0. The minimum Gasteiger partial charge on any atom is -0.374 e. The standard InChI is InChI=1S/C62H66O10S/c1-63-61-59(69-42-51-33-19-7-20-34-51)57(67-40-49-29-15-5-16-30-49)56(66-39-48-27-13-4-14-28-48)54(71-61)45-73-62-60(70-43-52-35-21-8-22-36-52)58(68-41-50-31-17-6-18-32-50)55(65-38-47-25-11-3-12-26-47)53(72-62)44-64-37-46-23-9-2-10-24-46/h2-36,53-62H,37-45H2,1H3/t53-,54-,55-,56-,57+,58+,59-,60-,61+,62+/m1/s1. The number of hydrogen-bond acceptors (Lipinski definition) is 11. The quantitative estimate of drug-likeness (QED) is 0.0519. The van der Waals surface area contributed by atoms with E-state index in [9.17, 15) is 0 Å². The van der Waals surface area contributed by atoms with Gasteiger partial charge < -0.3 is 47.4 Å². The molecule has 0 N–H and O–H groups in total. The molecule has 10 nitrogen and oxygen atoms in total. The second-order valence-electron chi connectivity index (χ2n) is 18.2. The summed E-state index contributed by atoms with van der Waals surface area (Å²) >= 11 is 1.59. The van der Waals surface area contributed by atoms with Gasteiger partial charge in [0.05, 0.1) is 59.0 Å². The van der Waals surface area contributed by atoms with Crippen molar-refractivity contribution in [2.45, 2.75) is 107 Å². The molecule has 9 rings (SSSR count). The first-order valence-electron chi connectivity index (χ1n) is 25.2. The molecule has 2 aliphatic rings. The Morgan fingerprint density at radius 3 is 1.00 bits per heavy atom. The highest BCUT2D eigenvalue weighted by Gasteiger charge is 2.52. The largest absolute Gasteiger partial charge is 0.374 e. The molecule has 0 spiro atoms. The predicted molar refractivity (Wildman–Crippen MR) is 283 cm³/mol. The van der Waals surface area contributed by atoms with E-state index in [1.807, 2.05) is 140 Å². The summed E-state index contributed by atoms with van der Waals surface area (Å²) in [6.45, 7) is 2.61. The summed E-state index contributed by atoms with van der Waals surface area (Å²) in [5.74, 6) is 0.407. The Hall–Kier alpha value is -5.51. The van der Waals surface area contributed by atoms with Gasteiger partial charge in [0.2, 0.25) is 0 Å². The molecule has 380 valence electrons. The summed E-state index contributed by atoms with van der Waals surface area (Å²) < 4.78 is 68.9. The van der Waals surface area contributed by atoms with Crippen molar-refractivity contribution < 1.29 is 47.4 Å². The van der Waals surface area contributed by atoms with Crippen LogP contribution in [0.2, 0.25) is 0 Å². The van der Waals surface area contributed by atoms with E-state index in [-0.39, 0.29) is 6.61 Å². The maximum Gasteiger partial charge on any atom is 0.186 e. The van der Waals surface area contributed by atoms with Crippen LogP contribution in [-0.4, -0.2) is 80.0 Å². The van der Waals surface area contributed by atoms with Crippen molar-refractivity contribution in [2.75, 3.05) is 19.5 Å². The molecule has 0 saturated carbocycles. The van der Waals surface area contributed by atoms with Crippen LogP contribution >= 0.6 is 11.8 Å². The first kappa shape index (κ1) is 52.4. The number of ether oxygens (including phenoxy) is 10. The number of methoxy groups -OCH3 is 1. The fourth-order valence-electron chi connectivity index (χ4n) is 9.14. The van der Waals surface area contributed by atoms with Crippen molar-refractivity contribution in [1.29, 1.82) is 0 Å².